The van der Waals surface area contributed by atoms with Crippen LogP contribution >= 0.6 is 0 Å². The van der Waals surface area contributed by atoms with Gasteiger partial charge in [-0.15, -0.1) is 0 Å². The van der Waals surface area contributed by atoms with Crippen LogP contribution in [0.3, 0.4) is 0 Å². The smallest absolute Gasteiger partial charge is 0.164 e. The van der Waals surface area contributed by atoms with E-state index in [0.29, 0.717) is 17.5 Å². The normalized spacial score (nSPS) is 13.0. The summed E-state index contributed by atoms with van der Waals surface area (Å²) in [6.45, 7) is 11.8. The van der Waals surface area contributed by atoms with E-state index in [-0.39, 0.29) is 5.41 Å². The number of hydrogen-bond donors (Lipinski definition) is 0. The summed E-state index contributed by atoms with van der Waals surface area (Å²) in [6, 6.07) is 61.1. The second kappa shape index (κ2) is 13.6. The molecule has 1 aliphatic carbocycles. The van der Waals surface area contributed by atoms with Crippen molar-refractivity contribution in [3.05, 3.63) is 181 Å². The van der Waals surface area contributed by atoms with Crippen molar-refractivity contribution in [1.82, 2.24) is 15.0 Å². The molecule has 266 valence electrons. The van der Waals surface area contributed by atoms with E-state index in [2.05, 4.69) is 185 Å². The summed E-state index contributed by atoms with van der Waals surface area (Å²) in [5.74, 6) is 2.00. The molecule has 4 heteroatoms. The average molecular weight is 726 g/mol. The molecular weight excluding hydrogens is 683 g/mol. The van der Waals surface area contributed by atoms with Crippen molar-refractivity contribution in [2.75, 3.05) is 0 Å². The Labute approximate surface area is 325 Å². The van der Waals surface area contributed by atoms with E-state index in [4.69, 9.17) is 15.0 Å². The Hall–Kier alpha value is -6.23. The molecule has 0 aliphatic heterocycles. The number of nitrogens with zero attached hydrogens (tertiary/aromatic N) is 3. The molecule has 0 fully saturated rings. The van der Waals surface area contributed by atoms with E-state index in [1.807, 2.05) is 18.2 Å². The highest BCUT2D eigenvalue weighted by Gasteiger charge is 2.35. The molecule has 0 unspecified atom stereocenters. The first-order valence-corrected chi connectivity index (χ1v) is 22.6. The lowest BCUT2D eigenvalue weighted by Gasteiger charge is -2.22. The molecule has 0 N–H and O–H groups in total. The van der Waals surface area contributed by atoms with Gasteiger partial charge in [0.2, 0.25) is 0 Å². The van der Waals surface area contributed by atoms with Gasteiger partial charge in [-0.3, -0.25) is 0 Å². The summed E-state index contributed by atoms with van der Waals surface area (Å²) in [6.07, 6.45) is 0. The molecule has 0 saturated heterocycles. The Morgan fingerprint density at radius 2 is 0.745 bits per heavy atom. The first kappa shape index (κ1) is 34.5. The fourth-order valence-corrected chi connectivity index (χ4v) is 9.11. The molecule has 0 saturated carbocycles. The molecule has 0 spiro atoms. The lowest BCUT2D eigenvalue weighted by Crippen LogP contribution is -2.37. The van der Waals surface area contributed by atoms with Gasteiger partial charge in [0.05, 0.1) is 8.07 Å². The highest BCUT2D eigenvalue weighted by atomic mass is 28.3. The van der Waals surface area contributed by atoms with Gasteiger partial charge in [-0.1, -0.05) is 184 Å². The van der Waals surface area contributed by atoms with Crippen LogP contribution in [0.1, 0.15) is 25.0 Å². The van der Waals surface area contributed by atoms with Gasteiger partial charge >= 0.3 is 0 Å². The van der Waals surface area contributed by atoms with Gasteiger partial charge in [-0.25, -0.2) is 15.0 Å². The molecule has 1 aromatic heterocycles. The van der Waals surface area contributed by atoms with E-state index in [9.17, 15) is 0 Å². The number of hydrogen-bond acceptors (Lipinski definition) is 3. The van der Waals surface area contributed by atoms with Crippen LogP contribution in [0.25, 0.3) is 78.7 Å². The van der Waals surface area contributed by atoms with E-state index in [1.165, 1.54) is 49.7 Å². The van der Waals surface area contributed by atoms with Crippen molar-refractivity contribution in [2.24, 2.45) is 0 Å². The van der Waals surface area contributed by atoms with Crippen molar-refractivity contribution in [1.29, 1.82) is 0 Å². The summed E-state index contributed by atoms with van der Waals surface area (Å²) in [5, 5.41) is 1.41. The summed E-state index contributed by atoms with van der Waals surface area (Å²) < 4.78 is 0. The third-order valence-electron chi connectivity index (χ3n) is 11.1. The van der Waals surface area contributed by atoms with Crippen LogP contribution in [-0.4, -0.2) is 23.0 Å². The number of rotatable bonds is 7. The molecule has 0 amide bonds. The summed E-state index contributed by atoms with van der Waals surface area (Å²) in [4.78, 5) is 15.1. The first-order valence-electron chi connectivity index (χ1n) is 19.1. The zero-order chi connectivity index (χ0) is 37.7. The second-order valence-corrected chi connectivity index (χ2v) is 21.3. The molecule has 8 aromatic rings. The van der Waals surface area contributed by atoms with Crippen molar-refractivity contribution in [3.8, 4) is 78.7 Å². The number of fused-ring (bicyclic) bond motifs is 3. The topological polar surface area (TPSA) is 38.7 Å². The third-order valence-corrected chi connectivity index (χ3v) is 13.2. The summed E-state index contributed by atoms with van der Waals surface area (Å²) in [7, 11) is -1.44. The van der Waals surface area contributed by atoms with E-state index < -0.39 is 8.07 Å². The van der Waals surface area contributed by atoms with Crippen LogP contribution in [0.15, 0.2) is 170 Å². The summed E-state index contributed by atoms with van der Waals surface area (Å²) >= 11 is 0. The highest BCUT2D eigenvalue weighted by molar-refractivity contribution is 6.88. The Morgan fingerprint density at radius 1 is 0.345 bits per heavy atom. The van der Waals surface area contributed by atoms with Gasteiger partial charge in [0, 0.05) is 22.1 Å². The SMILES string of the molecule is CC1(C)c2ccccc2-c2ccc(-c3cccc(-c4cccc(-c5cccc(-c6nc(-c7ccccc7)nc(-c7ccc([Si](C)(C)C)cc7)n6)c5)c4)c3)cc21. The van der Waals surface area contributed by atoms with Crippen LogP contribution in [0.5, 0.6) is 0 Å². The van der Waals surface area contributed by atoms with Crippen LogP contribution in [-0.2, 0) is 5.41 Å². The molecule has 1 heterocycles. The maximum Gasteiger partial charge on any atom is 0.164 e. The Bertz CT molecular complexity index is 2710. The fraction of sp³-hybridized carbons (Fsp3) is 0.118. The number of aromatic nitrogens is 3. The standard InChI is InChI=1S/C51H43N3Si/c1-51(2)46-23-10-9-22-44(46)45-29-26-41(33-47(45)51)39-19-12-17-37(31-39)36-16-11-18-38(30-36)40-20-13-21-42(32-40)50-53-48(34-14-7-6-8-15-34)52-49(54-50)35-24-27-43(28-25-35)55(3,4)5/h6-33H,1-5H3. The molecule has 1 aliphatic rings. The van der Waals surface area contributed by atoms with Gasteiger partial charge in [0.15, 0.2) is 17.5 Å². The average Bonchev–Trinajstić information content (AvgIpc) is 3.46. The van der Waals surface area contributed by atoms with Gasteiger partial charge in [-0.2, -0.15) is 0 Å². The Morgan fingerprint density at radius 3 is 1.31 bits per heavy atom. The largest absolute Gasteiger partial charge is 0.208 e. The zero-order valence-electron chi connectivity index (χ0n) is 32.0. The Balaban J connectivity index is 1.05. The van der Waals surface area contributed by atoms with E-state index in [0.717, 1.165) is 27.8 Å². The summed E-state index contributed by atoms with van der Waals surface area (Å²) in [5.41, 5.74) is 15.4. The monoisotopic (exact) mass is 725 g/mol. The molecule has 3 nitrogen and oxygen atoms in total. The zero-order valence-corrected chi connectivity index (χ0v) is 33.0. The molecule has 0 atom stereocenters. The van der Waals surface area contributed by atoms with Gasteiger partial charge in [-0.05, 0) is 79.9 Å². The minimum atomic E-state index is -1.44. The van der Waals surface area contributed by atoms with Crippen LogP contribution in [0.2, 0.25) is 19.6 Å². The molecule has 7 aromatic carbocycles. The molecule has 0 bridgehead atoms. The van der Waals surface area contributed by atoms with Crippen molar-refractivity contribution in [2.45, 2.75) is 38.9 Å². The quantitative estimate of drug-likeness (QED) is 0.154. The van der Waals surface area contributed by atoms with Gasteiger partial charge in [0.25, 0.3) is 0 Å². The Kier molecular flexibility index (Phi) is 8.51. The van der Waals surface area contributed by atoms with Crippen molar-refractivity contribution in [3.63, 3.8) is 0 Å². The second-order valence-electron chi connectivity index (χ2n) is 16.2. The first-order chi connectivity index (χ1) is 26.6. The predicted molar refractivity (Wildman–Crippen MR) is 233 cm³/mol. The van der Waals surface area contributed by atoms with Crippen molar-refractivity contribution >= 4 is 13.3 Å². The minimum Gasteiger partial charge on any atom is -0.208 e. The fourth-order valence-electron chi connectivity index (χ4n) is 7.95. The van der Waals surface area contributed by atoms with Crippen LogP contribution in [0, 0.1) is 0 Å². The van der Waals surface area contributed by atoms with E-state index in [1.54, 1.807) is 0 Å². The molecule has 0 radical (unpaired) electrons. The maximum atomic E-state index is 5.06. The van der Waals surface area contributed by atoms with Crippen LogP contribution in [0.4, 0.5) is 0 Å². The maximum absolute atomic E-state index is 5.06. The highest BCUT2D eigenvalue weighted by Crippen LogP contribution is 2.49. The lowest BCUT2D eigenvalue weighted by atomic mass is 9.81. The molecule has 55 heavy (non-hydrogen) atoms. The molecule has 9 rings (SSSR count). The number of benzene rings is 7. The molecular formula is C51H43N3Si. The third kappa shape index (κ3) is 6.53. The predicted octanol–water partition coefficient (Wildman–Crippen LogP) is 12.7. The van der Waals surface area contributed by atoms with E-state index >= 15 is 0 Å². The van der Waals surface area contributed by atoms with Gasteiger partial charge in [0.1, 0.15) is 0 Å². The van der Waals surface area contributed by atoms with Crippen molar-refractivity contribution < 1.29 is 0 Å². The lowest BCUT2D eigenvalue weighted by molar-refractivity contribution is 0.660. The van der Waals surface area contributed by atoms with Gasteiger partial charge < -0.3 is 0 Å². The minimum absolute atomic E-state index is 0.0344. The van der Waals surface area contributed by atoms with Crippen LogP contribution < -0.4 is 5.19 Å².